The first-order chi connectivity index (χ1) is 10.9. The maximum absolute atomic E-state index is 11.9. The number of hydrogen-bond acceptors (Lipinski definition) is 6. The first-order valence-corrected chi connectivity index (χ1v) is 7.49. The molecule has 7 nitrogen and oxygen atoms in total. The van der Waals surface area contributed by atoms with Gasteiger partial charge in [0.05, 0.1) is 10.7 Å². The van der Waals surface area contributed by atoms with Crippen LogP contribution in [0.25, 0.3) is 0 Å². The Balaban J connectivity index is 1.88. The number of benzene rings is 1. The van der Waals surface area contributed by atoms with Crippen LogP contribution in [0.1, 0.15) is 30.7 Å². The molecule has 0 aliphatic carbocycles. The van der Waals surface area contributed by atoms with Gasteiger partial charge in [-0.1, -0.05) is 0 Å². The summed E-state index contributed by atoms with van der Waals surface area (Å²) in [4.78, 5) is 39.1. The molecule has 0 unspecified atom stereocenters. The highest BCUT2D eigenvalue weighted by atomic mass is 32.1. The molecule has 0 saturated carbocycles. The number of aryl methyl sites for hydroxylation is 2. The van der Waals surface area contributed by atoms with E-state index in [9.17, 15) is 14.4 Å². The van der Waals surface area contributed by atoms with Gasteiger partial charge in [-0.25, -0.2) is 9.78 Å². The van der Waals surface area contributed by atoms with Crippen LogP contribution in [0.2, 0.25) is 0 Å². The zero-order valence-electron chi connectivity index (χ0n) is 12.6. The van der Waals surface area contributed by atoms with Crippen LogP contribution in [0, 0.1) is 13.8 Å². The van der Waals surface area contributed by atoms with Crippen molar-refractivity contribution >= 4 is 34.8 Å². The summed E-state index contributed by atoms with van der Waals surface area (Å²) >= 11 is 1.22. The van der Waals surface area contributed by atoms with Crippen molar-refractivity contribution in [1.82, 2.24) is 4.98 Å². The van der Waals surface area contributed by atoms with Crippen LogP contribution in [0.5, 0.6) is 0 Å². The van der Waals surface area contributed by atoms with Gasteiger partial charge in [-0.15, -0.1) is 11.3 Å². The zero-order valence-corrected chi connectivity index (χ0v) is 13.4. The minimum Gasteiger partial charge on any atom is -0.451 e. The summed E-state index contributed by atoms with van der Waals surface area (Å²) in [6, 6.07) is 6.06. The number of anilines is 1. The van der Waals surface area contributed by atoms with Crippen LogP contribution in [0.3, 0.4) is 0 Å². The largest absolute Gasteiger partial charge is 0.451 e. The van der Waals surface area contributed by atoms with Gasteiger partial charge < -0.3 is 15.8 Å². The third kappa shape index (κ3) is 4.36. The van der Waals surface area contributed by atoms with Gasteiger partial charge in [0, 0.05) is 11.3 Å². The maximum Gasteiger partial charge on any atom is 0.350 e. The molecule has 0 bridgehead atoms. The molecule has 2 aromatic rings. The van der Waals surface area contributed by atoms with Gasteiger partial charge in [0.15, 0.2) is 6.61 Å². The summed E-state index contributed by atoms with van der Waals surface area (Å²) in [7, 11) is 0. The maximum atomic E-state index is 11.9. The van der Waals surface area contributed by atoms with Gasteiger partial charge in [-0.2, -0.15) is 0 Å². The van der Waals surface area contributed by atoms with Crippen molar-refractivity contribution < 1.29 is 19.1 Å². The summed E-state index contributed by atoms with van der Waals surface area (Å²) in [6.07, 6.45) is 0. The van der Waals surface area contributed by atoms with Crippen LogP contribution in [0.15, 0.2) is 24.3 Å². The molecule has 1 aromatic heterocycles. The Labute approximate surface area is 136 Å². The molecule has 0 atom stereocenters. The summed E-state index contributed by atoms with van der Waals surface area (Å²) in [5.74, 6) is -1.61. The van der Waals surface area contributed by atoms with Crippen LogP contribution in [0.4, 0.5) is 5.69 Å². The van der Waals surface area contributed by atoms with Gasteiger partial charge in [-0.05, 0) is 38.1 Å². The highest BCUT2D eigenvalue weighted by molar-refractivity contribution is 7.13. The molecular formula is C15H15N3O4S. The van der Waals surface area contributed by atoms with E-state index in [4.69, 9.17) is 10.5 Å². The molecule has 1 heterocycles. The Kier molecular flexibility index (Phi) is 5.07. The summed E-state index contributed by atoms with van der Waals surface area (Å²) in [6.45, 7) is 3.09. The topological polar surface area (TPSA) is 111 Å². The van der Waals surface area contributed by atoms with E-state index in [2.05, 4.69) is 10.3 Å². The number of carbonyl (C=O) groups excluding carboxylic acids is 3. The molecule has 0 spiro atoms. The second kappa shape index (κ2) is 7.01. The predicted molar refractivity (Wildman–Crippen MR) is 85.5 cm³/mol. The van der Waals surface area contributed by atoms with Crippen LogP contribution in [-0.4, -0.2) is 29.4 Å². The molecule has 0 saturated heterocycles. The molecule has 0 fully saturated rings. The number of hydrogen-bond donors (Lipinski definition) is 2. The molecule has 0 aliphatic rings. The molecule has 120 valence electrons. The molecule has 3 N–H and O–H groups in total. The lowest BCUT2D eigenvalue weighted by molar-refractivity contribution is -0.119. The number of thiazole rings is 1. The summed E-state index contributed by atoms with van der Waals surface area (Å²) < 4.78 is 4.96. The first-order valence-electron chi connectivity index (χ1n) is 6.67. The molecule has 0 radical (unpaired) electrons. The number of nitrogens with one attached hydrogen (secondary N) is 1. The Morgan fingerprint density at radius 1 is 1.22 bits per heavy atom. The van der Waals surface area contributed by atoms with Crippen LogP contribution in [-0.2, 0) is 9.53 Å². The summed E-state index contributed by atoms with van der Waals surface area (Å²) in [5.41, 5.74) is 6.52. The first kappa shape index (κ1) is 16.6. The number of rotatable bonds is 5. The molecule has 8 heteroatoms. The van der Waals surface area contributed by atoms with E-state index in [-0.39, 0.29) is 0 Å². The smallest absolute Gasteiger partial charge is 0.350 e. The van der Waals surface area contributed by atoms with Crippen molar-refractivity contribution in [2.75, 3.05) is 11.9 Å². The zero-order chi connectivity index (χ0) is 17.0. The molecule has 0 aliphatic heterocycles. The number of esters is 1. The second-order valence-electron chi connectivity index (χ2n) is 4.71. The van der Waals surface area contributed by atoms with Gasteiger partial charge in [0.2, 0.25) is 5.91 Å². The predicted octanol–water partition coefficient (Wildman–Crippen LogP) is 1.65. The van der Waals surface area contributed by atoms with Gasteiger partial charge >= 0.3 is 5.97 Å². The van der Waals surface area contributed by atoms with E-state index in [0.717, 1.165) is 5.01 Å². The fraction of sp³-hybridized carbons (Fsp3) is 0.200. The number of carbonyl (C=O) groups is 3. The molecule has 1 aromatic carbocycles. The van der Waals surface area contributed by atoms with E-state index in [0.29, 0.717) is 21.8 Å². The van der Waals surface area contributed by atoms with E-state index in [1.165, 1.54) is 35.6 Å². The number of nitrogens with zero attached hydrogens (tertiary/aromatic N) is 1. The lowest BCUT2D eigenvalue weighted by atomic mass is 10.2. The second-order valence-corrected chi connectivity index (χ2v) is 5.92. The number of primary amides is 1. The van der Waals surface area contributed by atoms with Gasteiger partial charge in [-0.3, -0.25) is 9.59 Å². The van der Waals surface area contributed by atoms with Crippen molar-refractivity contribution in [1.29, 1.82) is 0 Å². The Bertz CT molecular complexity index is 753. The summed E-state index contributed by atoms with van der Waals surface area (Å²) in [5, 5.41) is 3.31. The Morgan fingerprint density at radius 2 is 1.87 bits per heavy atom. The number of aromatic nitrogens is 1. The van der Waals surface area contributed by atoms with Crippen LogP contribution >= 0.6 is 11.3 Å². The third-order valence-electron chi connectivity index (χ3n) is 2.88. The normalized spacial score (nSPS) is 10.2. The fourth-order valence-electron chi connectivity index (χ4n) is 1.83. The molecular weight excluding hydrogens is 318 g/mol. The number of amides is 2. The number of nitrogens with two attached hydrogens (primary N) is 1. The molecule has 2 rings (SSSR count). The Hall–Kier alpha value is -2.74. The van der Waals surface area contributed by atoms with Crippen molar-refractivity contribution in [3.8, 4) is 0 Å². The number of ether oxygens (including phenoxy) is 1. The standard InChI is InChI=1S/C15H15N3O4S/c1-8-13(23-9(2)17-8)15(21)22-7-12(19)18-11-5-3-10(4-6-11)14(16)20/h3-6H,7H2,1-2H3,(H2,16,20)(H,18,19). The lowest BCUT2D eigenvalue weighted by Gasteiger charge is -2.06. The van der Waals surface area contributed by atoms with Gasteiger partial charge in [0.1, 0.15) is 4.88 Å². The average molecular weight is 333 g/mol. The van der Waals surface area contributed by atoms with E-state index in [1.807, 2.05) is 0 Å². The van der Waals surface area contributed by atoms with Crippen molar-refractivity contribution in [2.24, 2.45) is 5.73 Å². The van der Waals surface area contributed by atoms with Crippen molar-refractivity contribution in [3.05, 3.63) is 45.4 Å². The minimum absolute atomic E-state index is 0.338. The van der Waals surface area contributed by atoms with Crippen molar-refractivity contribution in [2.45, 2.75) is 13.8 Å². The van der Waals surface area contributed by atoms with E-state index in [1.54, 1.807) is 13.8 Å². The highest BCUT2D eigenvalue weighted by Gasteiger charge is 2.16. The molecule has 2 amide bonds. The highest BCUT2D eigenvalue weighted by Crippen LogP contribution is 2.18. The quantitative estimate of drug-likeness (QED) is 0.808. The fourth-order valence-corrected chi connectivity index (χ4v) is 2.65. The SMILES string of the molecule is Cc1nc(C)c(C(=O)OCC(=O)Nc2ccc(C(N)=O)cc2)s1. The van der Waals surface area contributed by atoms with Crippen molar-refractivity contribution in [3.63, 3.8) is 0 Å². The molecule has 23 heavy (non-hydrogen) atoms. The third-order valence-corrected chi connectivity index (χ3v) is 3.93. The van der Waals surface area contributed by atoms with E-state index >= 15 is 0 Å². The minimum atomic E-state index is -0.577. The monoisotopic (exact) mass is 333 g/mol. The van der Waals surface area contributed by atoms with E-state index < -0.39 is 24.4 Å². The van der Waals surface area contributed by atoms with Gasteiger partial charge in [0.25, 0.3) is 5.91 Å². The Morgan fingerprint density at radius 3 is 2.39 bits per heavy atom. The van der Waals surface area contributed by atoms with Crippen LogP contribution < -0.4 is 11.1 Å². The average Bonchev–Trinajstić information content (AvgIpc) is 2.84. The lowest BCUT2D eigenvalue weighted by Crippen LogP contribution is -2.21.